The predicted molar refractivity (Wildman–Crippen MR) is 160 cm³/mol. The standard InChI is InChI=1S/C34H51NO5/c1-6-7-8-9-10-11-18-23-37-32-30(39-26-28-21-16-13-17-22-28)24-29(38-25-27-19-14-12-15-20-27)31(32)35(5)33(36)40-34(2,3)4/h12-17,19-22,29-32H,6-11,18,23-26H2,1-5H3/t29-,30+,31+,32+/m1/s1. The number of carbonyl (C=O) groups excluding carboxylic acids is 1. The number of hydrogen-bond acceptors (Lipinski definition) is 5. The molecule has 0 aliphatic heterocycles. The van der Waals surface area contributed by atoms with Crippen molar-refractivity contribution in [2.24, 2.45) is 0 Å². The first-order valence-corrected chi connectivity index (χ1v) is 15.2. The van der Waals surface area contributed by atoms with E-state index in [-0.39, 0.29) is 30.4 Å². The Morgan fingerprint density at radius 3 is 1.85 bits per heavy atom. The van der Waals surface area contributed by atoms with E-state index in [1.165, 1.54) is 32.1 Å². The van der Waals surface area contributed by atoms with Gasteiger partial charge in [0.2, 0.25) is 0 Å². The molecule has 3 rings (SSSR count). The van der Waals surface area contributed by atoms with Crippen LogP contribution < -0.4 is 0 Å². The fourth-order valence-corrected chi connectivity index (χ4v) is 5.23. The molecule has 6 heteroatoms. The van der Waals surface area contributed by atoms with Gasteiger partial charge in [0.05, 0.1) is 31.5 Å². The Hall–Kier alpha value is -2.41. The number of unbranched alkanes of at least 4 members (excludes halogenated alkanes) is 6. The van der Waals surface area contributed by atoms with Gasteiger partial charge in [-0.25, -0.2) is 4.79 Å². The second kappa shape index (κ2) is 16.8. The lowest BCUT2D eigenvalue weighted by Crippen LogP contribution is -2.51. The van der Waals surface area contributed by atoms with Crippen LogP contribution in [0.25, 0.3) is 0 Å². The van der Waals surface area contributed by atoms with Gasteiger partial charge in [-0.3, -0.25) is 0 Å². The van der Waals surface area contributed by atoms with Crippen molar-refractivity contribution in [3.8, 4) is 0 Å². The Kier molecular flexibility index (Phi) is 13.5. The maximum atomic E-state index is 13.3. The lowest BCUT2D eigenvalue weighted by atomic mass is 10.1. The first-order valence-electron chi connectivity index (χ1n) is 15.2. The largest absolute Gasteiger partial charge is 0.444 e. The van der Waals surface area contributed by atoms with Gasteiger partial charge in [-0.05, 0) is 38.3 Å². The van der Waals surface area contributed by atoms with Crippen LogP contribution in [0.15, 0.2) is 60.7 Å². The van der Waals surface area contributed by atoms with Gasteiger partial charge in [0.25, 0.3) is 0 Å². The van der Waals surface area contributed by atoms with Gasteiger partial charge in [0.1, 0.15) is 11.7 Å². The van der Waals surface area contributed by atoms with Crippen LogP contribution in [0.5, 0.6) is 0 Å². The van der Waals surface area contributed by atoms with Crippen molar-refractivity contribution in [1.29, 1.82) is 0 Å². The van der Waals surface area contributed by atoms with E-state index in [1.807, 2.05) is 57.2 Å². The Labute approximate surface area is 242 Å². The Morgan fingerprint density at radius 1 is 0.775 bits per heavy atom. The zero-order valence-corrected chi connectivity index (χ0v) is 25.3. The number of amides is 1. The molecular formula is C34H51NO5. The maximum Gasteiger partial charge on any atom is 0.410 e. The van der Waals surface area contributed by atoms with Gasteiger partial charge in [-0.2, -0.15) is 0 Å². The molecule has 0 bridgehead atoms. The molecule has 1 amide bonds. The molecule has 1 aliphatic rings. The molecule has 1 saturated carbocycles. The summed E-state index contributed by atoms with van der Waals surface area (Å²) in [6.45, 7) is 9.48. The molecule has 0 heterocycles. The predicted octanol–water partition coefficient (Wildman–Crippen LogP) is 7.93. The molecule has 1 aliphatic carbocycles. The smallest absolute Gasteiger partial charge is 0.410 e. The van der Waals surface area contributed by atoms with Gasteiger partial charge in [0, 0.05) is 20.1 Å². The van der Waals surface area contributed by atoms with Gasteiger partial charge < -0.3 is 23.8 Å². The third kappa shape index (κ3) is 10.9. The Balaban J connectivity index is 1.74. The first-order chi connectivity index (χ1) is 19.3. The molecule has 40 heavy (non-hydrogen) atoms. The molecule has 0 radical (unpaired) electrons. The molecule has 2 aromatic carbocycles. The molecule has 6 nitrogen and oxygen atoms in total. The fourth-order valence-electron chi connectivity index (χ4n) is 5.23. The zero-order chi connectivity index (χ0) is 28.8. The van der Waals surface area contributed by atoms with Crippen LogP contribution in [0.2, 0.25) is 0 Å². The number of benzene rings is 2. The van der Waals surface area contributed by atoms with Crippen molar-refractivity contribution in [3.63, 3.8) is 0 Å². The lowest BCUT2D eigenvalue weighted by Gasteiger charge is -2.35. The highest BCUT2D eigenvalue weighted by atomic mass is 16.6. The van der Waals surface area contributed by atoms with E-state index in [0.717, 1.165) is 24.0 Å². The highest BCUT2D eigenvalue weighted by molar-refractivity contribution is 5.68. The number of ether oxygens (including phenoxy) is 4. The molecule has 0 N–H and O–H groups in total. The minimum Gasteiger partial charge on any atom is -0.444 e. The average molecular weight is 554 g/mol. The summed E-state index contributed by atoms with van der Waals surface area (Å²) in [4.78, 5) is 14.9. The molecule has 0 aromatic heterocycles. The molecule has 0 unspecified atom stereocenters. The summed E-state index contributed by atoms with van der Waals surface area (Å²) in [5.74, 6) is 0. The van der Waals surface area contributed by atoms with Crippen LogP contribution in [0.4, 0.5) is 4.79 Å². The van der Waals surface area contributed by atoms with Gasteiger partial charge in [0.15, 0.2) is 0 Å². The zero-order valence-electron chi connectivity index (χ0n) is 25.3. The lowest BCUT2D eigenvalue weighted by molar-refractivity contribution is -0.0903. The van der Waals surface area contributed by atoms with E-state index < -0.39 is 5.60 Å². The number of nitrogens with zero attached hydrogens (tertiary/aromatic N) is 1. The van der Waals surface area contributed by atoms with Gasteiger partial charge in [-0.15, -0.1) is 0 Å². The van der Waals surface area contributed by atoms with Crippen LogP contribution in [0.3, 0.4) is 0 Å². The van der Waals surface area contributed by atoms with Crippen LogP contribution in [-0.2, 0) is 32.2 Å². The second-order valence-electron chi connectivity index (χ2n) is 11.9. The van der Waals surface area contributed by atoms with E-state index in [4.69, 9.17) is 18.9 Å². The third-order valence-corrected chi connectivity index (χ3v) is 7.35. The molecule has 4 atom stereocenters. The fraction of sp³-hybridized carbons (Fsp3) is 0.618. The van der Waals surface area contributed by atoms with Crippen molar-refractivity contribution in [2.45, 2.75) is 122 Å². The highest BCUT2D eigenvalue weighted by Gasteiger charge is 2.49. The van der Waals surface area contributed by atoms with Crippen LogP contribution in [0.1, 0.15) is 90.2 Å². The summed E-state index contributed by atoms with van der Waals surface area (Å²) in [5.41, 5.74) is 1.61. The van der Waals surface area contributed by atoms with Crippen LogP contribution >= 0.6 is 0 Å². The minimum absolute atomic E-state index is 0.208. The quantitative estimate of drug-likeness (QED) is 0.198. The van der Waals surface area contributed by atoms with E-state index in [1.54, 1.807) is 11.9 Å². The molecule has 0 saturated heterocycles. The Morgan fingerprint density at radius 2 is 1.30 bits per heavy atom. The van der Waals surface area contributed by atoms with Crippen LogP contribution in [0, 0.1) is 0 Å². The topological polar surface area (TPSA) is 57.2 Å². The van der Waals surface area contributed by atoms with Gasteiger partial charge >= 0.3 is 6.09 Å². The third-order valence-electron chi connectivity index (χ3n) is 7.35. The monoisotopic (exact) mass is 553 g/mol. The normalized spacial score (nSPS) is 20.9. The van der Waals surface area contributed by atoms with Crippen molar-refractivity contribution >= 4 is 6.09 Å². The maximum absolute atomic E-state index is 13.3. The molecule has 2 aromatic rings. The van der Waals surface area contributed by atoms with E-state index in [2.05, 4.69) is 31.2 Å². The van der Waals surface area contributed by atoms with Gasteiger partial charge in [-0.1, -0.05) is 106 Å². The average Bonchev–Trinajstić information content (AvgIpc) is 3.29. The van der Waals surface area contributed by atoms with Crippen molar-refractivity contribution in [2.75, 3.05) is 13.7 Å². The number of hydrogen-bond donors (Lipinski definition) is 0. The molecule has 222 valence electrons. The van der Waals surface area contributed by atoms with Crippen molar-refractivity contribution in [1.82, 2.24) is 4.90 Å². The second-order valence-corrected chi connectivity index (χ2v) is 11.9. The summed E-state index contributed by atoms with van der Waals surface area (Å²) in [5, 5.41) is 0. The Bertz CT molecular complexity index is 961. The van der Waals surface area contributed by atoms with Crippen molar-refractivity contribution in [3.05, 3.63) is 71.8 Å². The SMILES string of the molecule is CCCCCCCCCO[C@@H]1[C@@H](N(C)C(=O)OC(C)(C)C)[C@H](OCc2ccccc2)C[C@@H]1OCc1ccccc1. The first kappa shape index (κ1) is 32.1. The number of rotatable bonds is 16. The van der Waals surface area contributed by atoms with Crippen molar-refractivity contribution < 1.29 is 23.7 Å². The van der Waals surface area contributed by atoms with Crippen LogP contribution in [-0.4, -0.2) is 54.6 Å². The van der Waals surface area contributed by atoms with E-state index >= 15 is 0 Å². The molecule has 1 fully saturated rings. The summed E-state index contributed by atoms with van der Waals surface area (Å²) in [7, 11) is 1.79. The molecule has 0 spiro atoms. The number of carbonyl (C=O) groups is 1. The number of likely N-dealkylation sites (N-methyl/N-ethyl adjacent to an activating group) is 1. The minimum atomic E-state index is -0.596. The van der Waals surface area contributed by atoms with E-state index in [0.29, 0.717) is 26.2 Å². The highest BCUT2D eigenvalue weighted by Crippen LogP contribution is 2.34. The van der Waals surface area contributed by atoms with E-state index in [9.17, 15) is 4.79 Å². The summed E-state index contributed by atoms with van der Waals surface area (Å²) in [6.07, 6.45) is 8.00. The summed E-state index contributed by atoms with van der Waals surface area (Å²) in [6, 6.07) is 20.0. The molecular weight excluding hydrogens is 502 g/mol. The summed E-state index contributed by atoms with van der Waals surface area (Å²) >= 11 is 0. The summed E-state index contributed by atoms with van der Waals surface area (Å²) < 4.78 is 25.3.